The molecule has 9 heteroatoms. The quantitative estimate of drug-likeness (QED) is 0.574. The largest absolute Gasteiger partial charge is 0.241 e. The maximum Gasteiger partial charge on any atom is 0.193 e. The molecule has 0 aromatic carbocycles. The van der Waals surface area contributed by atoms with Crippen LogP contribution in [0.1, 0.15) is 0 Å². The summed E-state index contributed by atoms with van der Waals surface area (Å²) in [4.78, 5) is 26.2. The van der Waals surface area contributed by atoms with Crippen LogP contribution in [0, 0.1) is 0 Å². The fourth-order valence-corrected chi connectivity index (χ4v) is 3.37. The van der Waals surface area contributed by atoms with Gasteiger partial charge in [0.05, 0.1) is 0 Å². The van der Waals surface area contributed by atoms with Crippen molar-refractivity contribution in [2.45, 2.75) is 0 Å². The standard InChI is InChI=1S/C12H6N6S3/c1-4-19-10(13-1)7-16-8(11-14-2-5-20-11)18-9(17-7)12-15-3-6-21-12/h1-6H. The fraction of sp³-hybridized carbons (Fsp3) is 0. The van der Waals surface area contributed by atoms with Gasteiger partial charge < -0.3 is 0 Å². The Morgan fingerprint density at radius 2 is 0.857 bits per heavy atom. The molecule has 0 saturated carbocycles. The van der Waals surface area contributed by atoms with Gasteiger partial charge in [0.25, 0.3) is 0 Å². The topological polar surface area (TPSA) is 77.3 Å². The van der Waals surface area contributed by atoms with Gasteiger partial charge in [-0.3, -0.25) is 0 Å². The number of aromatic nitrogens is 6. The van der Waals surface area contributed by atoms with Crippen molar-refractivity contribution < 1.29 is 0 Å². The molecule has 102 valence electrons. The van der Waals surface area contributed by atoms with E-state index in [2.05, 4.69) is 29.9 Å². The van der Waals surface area contributed by atoms with Crippen molar-refractivity contribution in [2.75, 3.05) is 0 Å². The summed E-state index contributed by atoms with van der Waals surface area (Å²) in [6.45, 7) is 0. The average Bonchev–Trinajstić information content (AvgIpc) is 3.29. The SMILES string of the molecule is c1csc(-c2nc(-c3nccs3)nc(-c3nccs3)n2)n1. The molecule has 4 aromatic heterocycles. The fourth-order valence-electron chi connectivity index (χ4n) is 1.66. The van der Waals surface area contributed by atoms with Crippen LogP contribution in [0.25, 0.3) is 32.5 Å². The summed E-state index contributed by atoms with van der Waals surface area (Å²) in [5.41, 5.74) is 0. The molecule has 0 bridgehead atoms. The van der Waals surface area contributed by atoms with E-state index in [9.17, 15) is 0 Å². The monoisotopic (exact) mass is 330 g/mol. The number of rotatable bonds is 3. The van der Waals surface area contributed by atoms with Gasteiger partial charge in [-0.25, -0.2) is 29.9 Å². The second-order valence-electron chi connectivity index (χ2n) is 3.82. The van der Waals surface area contributed by atoms with Gasteiger partial charge in [0, 0.05) is 34.7 Å². The lowest BCUT2D eigenvalue weighted by Gasteiger charge is -2.02. The lowest BCUT2D eigenvalue weighted by atomic mass is 10.5. The van der Waals surface area contributed by atoms with Crippen LogP contribution in [0.15, 0.2) is 34.7 Å². The van der Waals surface area contributed by atoms with Crippen molar-refractivity contribution in [2.24, 2.45) is 0 Å². The highest BCUT2D eigenvalue weighted by Crippen LogP contribution is 2.26. The van der Waals surface area contributed by atoms with Crippen molar-refractivity contribution in [3.63, 3.8) is 0 Å². The van der Waals surface area contributed by atoms with Gasteiger partial charge in [0.15, 0.2) is 32.5 Å². The predicted molar refractivity (Wildman–Crippen MR) is 83.2 cm³/mol. The highest BCUT2D eigenvalue weighted by Gasteiger charge is 2.15. The molecule has 0 aliphatic heterocycles. The zero-order valence-corrected chi connectivity index (χ0v) is 12.8. The van der Waals surface area contributed by atoms with E-state index in [1.165, 1.54) is 34.0 Å². The zero-order valence-electron chi connectivity index (χ0n) is 10.4. The number of nitrogens with zero attached hydrogens (tertiary/aromatic N) is 6. The molecule has 0 unspecified atom stereocenters. The van der Waals surface area contributed by atoms with Crippen molar-refractivity contribution in [1.29, 1.82) is 0 Å². The Morgan fingerprint density at radius 1 is 0.524 bits per heavy atom. The predicted octanol–water partition coefficient (Wildman–Crippen LogP) is 3.24. The number of hydrogen-bond donors (Lipinski definition) is 0. The first-order chi connectivity index (χ1) is 10.4. The minimum absolute atomic E-state index is 0.551. The molecule has 0 spiro atoms. The van der Waals surface area contributed by atoms with Gasteiger partial charge in [-0.15, -0.1) is 34.0 Å². The van der Waals surface area contributed by atoms with E-state index in [-0.39, 0.29) is 0 Å². The molecule has 4 heterocycles. The molecule has 0 fully saturated rings. The van der Waals surface area contributed by atoms with E-state index in [0.717, 1.165) is 15.0 Å². The zero-order chi connectivity index (χ0) is 14.1. The van der Waals surface area contributed by atoms with E-state index in [4.69, 9.17) is 0 Å². The average molecular weight is 330 g/mol. The van der Waals surface area contributed by atoms with E-state index in [1.807, 2.05) is 16.1 Å². The van der Waals surface area contributed by atoms with Crippen molar-refractivity contribution in [3.05, 3.63) is 34.7 Å². The van der Waals surface area contributed by atoms with E-state index < -0.39 is 0 Å². The van der Waals surface area contributed by atoms with Gasteiger partial charge >= 0.3 is 0 Å². The molecule has 6 nitrogen and oxygen atoms in total. The van der Waals surface area contributed by atoms with Gasteiger partial charge in [-0.2, -0.15) is 0 Å². The van der Waals surface area contributed by atoms with Crippen LogP contribution >= 0.6 is 34.0 Å². The normalized spacial score (nSPS) is 10.9. The van der Waals surface area contributed by atoms with Gasteiger partial charge in [-0.1, -0.05) is 0 Å². The number of hydrogen-bond acceptors (Lipinski definition) is 9. The van der Waals surface area contributed by atoms with Gasteiger partial charge in [0.1, 0.15) is 0 Å². The smallest absolute Gasteiger partial charge is 0.193 e. The lowest BCUT2D eigenvalue weighted by Crippen LogP contribution is -1.99. The van der Waals surface area contributed by atoms with Crippen LogP contribution in [-0.2, 0) is 0 Å². The van der Waals surface area contributed by atoms with Gasteiger partial charge in [-0.05, 0) is 0 Å². The summed E-state index contributed by atoms with van der Waals surface area (Å²) in [7, 11) is 0. The molecule has 0 aliphatic carbocycles. The van der Waals surface area contributed by atoms with Crippen LogP contribution in [0.4, 0.5) is 0 Å². The van der Waals surface area contributed by atoms with E-state index in [1.54, 1.807) is 18.6 Å². The van der Waals surface area contributed by atoms with Crippen molar-refractivity contribution in [3.8, 4) is 32.5 Å². The molecule has 0 aliphatic rings. The molecular weight excluding hydrogens is 324 g/mol. The molecular formula is C12H6N6S3. The van der Waals surface area contributed by atoms with Crippen LogP contribution in [0.2, 0.25) is 0 Å². The highest BCUT2D eigenvalue weighted by molar-refractivity contribution is 7.13. The summed E-state index contributed by atoms with van der Waals surface area (Å²) in [5.74, 6) is 1.65. The summed E-state index contributed by atoms with van der Waals surface area (Å²) in [5, 5.41) is 7.95. The molecule has 0 N–H and O–H groups in total. The van der Waals surface area contributed by atoms with Crippen LogP contribution in [-0.4, -0.2) is 29.9 Å². The summed E-state index contributed by atoms with van der Waals surface area (Å²) >= 11 is 4.47. The van der Waals surface area contributed by atoms with Crippen molar-refractivity contribution in [1.82, 2.24) is 29.9 Å². The Kier molecular flexibility index (Phi) is 3.22. The number of thiazole rings is 3. The molecule has 4 aromatic rings. The highest BCUT2D eigenvalue weighted by atomic mass is 32.1. The third kappa shape index (κ3) is 2.46. The Hall–Kier alpha value is -2.10. The van der Waals surface area contributed by atoms with E-state index in [0.29, 0.717) is 17.5 Å². The Labute approximate surface area is 131 Å². The Morgan fingerprint density at radius 3 is 1.10 bits per heavy atom. The third-order valence-corrected chi connectivity index (χ3v) is 4.81. The first-order valence-corrected chi connectivity index (χ1v) is 8.50. The molecule has 0 atom stereocenters. The van der Waals surface area contributed by atoms with Crippen molar-refractivity contribution >= 4 is 34.0 Å². The third-order valence-electron chi connectivity index (χ3n) is 2.51. The summed E-state index contributed by atoms with van der Waals surface area (Å²) < 4.78 is 0. The summed E-state index contributed by atoms with van der Waals surface area (Å²) in [6, 6.07) is 0. The van der Waals surface area contributed by atoms with Crippen LogP contribution in [0.3, 0.4) is 0 Å². The van der Waals surface area contributed by atoms with Crippen LogP contribution in [0.5, 0.6) is 0 Å². The Balaban J connectivity index is 1.92. The minimum atomic E-state index is 0.551. The molecule has 0 amide bonds. The lowest BCUT2D eigenvalue weighted by molar-refractivity contribution is 1.06. The molecule has 4 rings (SSSR count). The molecule has 21 heavy (non-hydrogen) atoms. The first kappa shape index (κ1) is 12.6. The molecule has 0 saturated heterocycles. The van der Waals surface area contributed by atoms with Gasteiger partial charge in [0.2, 0.25) is 0 Å². The van der Waals surface area contributed by atoms with E-state index >= 15 is 0 Å². The second-order valence-corrected chi connectivity index (χ2v) is 6.50. The maximum absolute atomic E-state index is 4.48. The maximum atomic E-state index is 4.48. The Bertz CT molecular complexity index is 712. The second kappa shape index (κ2) is 5.35. The van der Waals surface area contributed by atoms with Crippen LogP contribution < -0.4 is 0 Å². The molecule has 0 radical (unpaired) electrons. The summed E-state index contributed by atoms with van der Waals surface area (Å²) in [6.07, 6.45) is 5.20. The minimum Gasteiger partial charge on any atom is -0.241 e. The first-order valence-electron chi connectivity index (χ1n) is 5.86.